The zero-order valence-corrected chi connectivity index (χ0v) is 17.2. The molecule has 7 heteroatoms. The van der Waals surface area contributed by atoms with E-state index >= 15 is 0 Å². The molecule has 1 aliphatic carbocycles. The molecule has 0 saturated heterocycles. The molecule has 0 bridgehead atoms. The van der Waals surface area contributed by atoms with Gasteiger partial charge in [0.25, 0.3) is 5.91 Å². The molecule has 1 aromatic heterocycles. The van der Waals surface area contributed by atoms with Crippen LogP contribution in [0.4, 0.5) is 0 Å². The molecule has 1 fully saturated rings. The lowest BCUT2D eigenvalue weighted by Gasteiger charge is -2.06. The smallest absolute Gasteiger partial charge is 0.287 e. The molecular weight excluding hydrogens is 390 g/mol. The second kappa shape index (κ2) is 7.55. The minimum absolute atomic E-state index is 0.00322. The molecule has 2 aromatic carbocycles. The standard InChI is InChI=1S/C22H23NO5S/c1-14-19-13-18(9-10-20(19)28-21(14)22(24)23-16-5-6-16)29(25,26)12-11-15-3-7-17(27-2)8-4-15/h3-4,7-10,13,16H,5-6,11-12H2,1-2H3,(H,23,24). The van der Waals surface area contributed by atoms with Crippen LogP contribution in [-0.4, -0.2) is 33.2 Å². The first kappa shape index (κ1) is 19.5. The number of amides is 1. The minimum atomic E-state index is -3.48. The van der Waals surface area contributed by atoms with Crippen LogP contribution in [0.5, 0.6) is 5.75 Å². The second-order valence-corrected chi connectivity index (χ2v) is 9.49. The van der Waals surface area contributed by atoms with Crippen molar-refractivity contribution in [3.63, 3.8) is 0 Å². The van der Waals surface area contributed by atoms with E-state index in [1.54, 1.807) is 26.2 Å². The number of aryl methyl sites for hydroxylation is 2. The van der Waals surface area contributed by atoms with Gasteiger partial charge in [0.05, 0.1) is 17.8 Å². The number of carbonyl (C=O) groups is 1. The van der Waals surface area contributed by atoms with Crippen LogP contribution in [0.15, 0.2) is 51.8 Å². The van der Waals surface area contributed by atoms with E-state index in [4.69, 9.17) is 9.15 Å². The Bertz CT molecular complexity index is 1160. The number of hydrogen-bond donors (Lipinski definition) is 1. The molecule has 1 N–H and O–H groups in total. The maximum Gasteiger partial charge on any atom is 0.287 e. The van der Waals surface area contributed by atoms with E-state index in [-0.39, 0.29) is 28.4 Å². The average Bonchev–Trinajstić information content (AvgIpc) is 3.48. The molecule has 0 unspecified atom stereocenters. The molecule has 3 aromatic rings. The SMILES string of the molecule is COc1ccc(CCS(=O)(=O)c2ccc3oc(C(=O)NC4CC4)c(C)c3c2)cc1. The molecule has 1 aliphatic rings. The monoisotopic (exact) mass is 413 g/mol. The van der Waals surface area contributed by atoms with Gasteiger partial charge in [-0.3, -0.25) is 4.79 Å². The van der Waals surface area contributed by atoms with Gasteiger partial charge in [0, 0.05) is 17.0 Å². The normalized spacial score (nSPS) is 14.1. The van der Waals surface area contributed by atoms with Crippen molar-refractivity contribution in [2.75, 3.05) is 12.9 Å². The fourth-order valence-corrected chi connectivity index (χ4v) is 4.56. The summed E-state index contributed by atoms with van der Waals surface area (Å²) in [6.45, 7) is 1.78. The van der Waals surface area contributed by atoms with Crippen molar-refractivity contribution in [3.8, 4) is 5.75 Å². The molecule has 1 amide bonds. The average molecular weight is 413 g/mol. The molecule has 29 heavy (non-hydrogen) atoms. The Morgan fingerprint density at radius 1 is 1.17 bits per heavy atom. The number of nitrogens with one attached hydrogen (secondary N) is 1. The van der Waals surface area contributed by atoms with Gasteiger partial charge >= 0.3 is 0 Å². The quantitative estimate of drug-likeness (QED) is 0.639. The van der Waals surface area contributed by atoms with Crippen molar-refractivity contribution >= 4 is 26.7 Å². The Kier molecular flexibility index (Phi) is 5.08. The van der Waals surface area contributed by atoms with Crippen LogP contribution in [0.1, 0.15) is 34.5 Å². The van der Waals surface area contributed by atoms with E-state index in [0.29, 0.717) is 23.0 Å². The summed E-state index contributed by atoms with van der Waals surface area (Å²) in [7, 11) is -1.88. The molecule has 4 rings (SSSR count). The lowest BCUT2D eigenvalue weighted by Crippen LogP contribution is -2.25. The summed E-state index contributed by atoms with van der Waals surface area (Å²) in [4.78, 5) is 12.6. The summed E-state index contributed by atoms with van der Waals surface area (Å²) >= 11 is 0. The van der Waals surface area contributed by atoms with Crippen LogP contribution in [0.3, 0.4) is 0 Å². The first-order valence-corrected chi connectivity index (χ1v) is 11.2. The number of rotatable bonds is 7. The number of carbonyl (C=O) groups excluding carboxylic acids is 1. The van der Waals surface area contributed by atoms with Gasteiger partial charge in [-0.25, -0.2) is 8.42 Å². The lowest BCUT2D eigenvalue weighted by atomic mass is 10.1. The Labute approximate surface area is 169 Å². The highest BCUT2D eigenvalue weighted by Gasteiger charge is 2.27. The van der Waals surface area contributed by atoms with Crippen LogP contribution in [0.2, 0.25) is 0 Å². The number of furan rings is 1. The van der Waals surface area contributed by atoms with Gasteiger partial charge in [-0.1, -0.05) is 12.1 Å². The molecule has 6 nitrogen and oxygen atoms in total. The van der Waals surface area contributed by atoms with Crippen LogP contribution in [0, 0.1) is 6.92 Å². The summed E-state index contributed by atoms with van der Waals surface area (Å²) in [6.07, 6.45) is 2.38. The van der Waals surface area contributed by atoms with Gasteiger partial charge in [0.1, 0.15) is 11.3 Å². The summed E-state index contributed by atoms with van der Waals surface area (Å²) in [5.74, 6) is 0.736. The fourth-order valence-electron chi connectivity index (χ4n) is 3.25. The largest absolute Gasteiger partial charge is 0.497 e. The zero-order chi connectivity index (χ0) is 20.6. The van der Waals surface area contributed by atoms with E-state index in [2.05, 4.69) is 5.32 Å². The Balaban J connectivity index is 1.55. The number of fused-ring (bicyclic) bond motifs is 1. The number of hydrogen-bond acceptors (Lipinski definition) is 5. The van der Waals surface area contributed by atoms with Crippen molar-refractivity contribution in [1.82, 2.24) is 5.32 Å². The Morgan fingerprint density at radius 3 is 2.55 bits per heavy atom. The minimum Gasteiger partial charge on any atom is -0.497 e. The van der Waals surface area contributed by atoms with Crippen LogP contribution < -0.4 is 10.1 Å². The van der Waals surface area contributed by atoms with Crippen molar-refractivity contribution in [2.45, 2.75) is 37.1 Å². The molecule has 1 saturated carbocycles. The number of sulfone groups is 1. The number of methoxy groups -OCH3 is 1. The van der Waals surface area contributed by atoms with Gasteiger partial charge in [-0.05, 0) is 62.1 Å². The van der Waals surface area contributed by atoms with Crippen molar-refractivity contribution in [3.05, 3.63) is 59.4 Å². The second-order valence-electron chi connectivity index (χ2n) is 7.38. The molecule has 0 atom stereocenters. The summed E-state index contributed by atoms with van der Waals surface area (Å²) in [5, 5.41) is 3.55. The van der Waals surface area contributed by atoms with Crippen LogP contribution >= 0.6 is 0 Å². The predicted molar refractivity (Wildman–Crippen MR) is 110 cm³/mol. The van der Waals surface area contributed by atoms with E-state index in [1.165, 1.54) is 6.07 Å². The first-order chi connectivity index (χ1) is 13.9. The van der Waals surface area contributed by atoms with Crippen molar-refractivity contribution in [2.24, 2.45) is 0 Å². The molecule has 0 spiro atoms. The third-order valence-electron chi connectivity index (χ3n) is 5.20. The number of ether oxygens (including phenoxy) is 1. The maximum absolute atomic E-state index is 12.8. The van der Waals surface area contributed by atoms with Gasteiger partial charge in [-0.2, -0.15) is 0 Å². The van der Waals surface area contributed by atoms with E-state index < -0.39 is 9.84 Å². The number of benzene rings is 2. The van der Waals surface area contributed by atoms with Gasteiger partial charge < -0.3 is 14.5 Å². The van der Waals surface area contributed by atoms with E-state index in [0.717, 1.165) is 24.2 Å². The summed E-state index contributed by atoms with van der Waals surface area (Å²) in [6, 6.07) is 12.3. The third kappa shape index (κ3) is 4.15. The van der Waals surface area contributed by atoms with Crippen molar-refractivity contribution in [1.29, 1.82) is 0 Å². The highest BCUT2D eigenvalue weighted by Crippen LogP contribution is 2.29. The molecule has 0 radical (unpaired) electrons. The summed E-state index contributed by atoms with van der Waals surface area (Å²) in [5.41, 5.74) is 2.09. The molecule has 0 aliphatic heterocycles. The van der Waals surface area contributed by atoms with Gasteiger partial charge in [0.2, 0.25) is 0 Å². The van der Waals surface area contributed by atoms with Crippen molar-refractivity contribution < 1.29 is 22.4 Å². The highest BCUT2D eigenvalue weighted by molar-refractivity contribution is 7.91. The first-order valence-electron chi connectivity index (χ1n) is 9.57. The zero-order valence-electron chi connectivity index (χ0n) is 16.4. The van der Waals surface area contributed by atoms with Gasteiger partial charge in [0.15, 0.2) is 15.6 Å². The predicted octanol–water partition coefficient (Wildman–Crippen LogP) is 3.66. The van der Waals surface area contributed by atoms with E-state index in [9.17, 15) is 13.2 Å². The maximum atomic E-state index is 12.8. The Morgan fingerprint density at radius 2 is 1.90 bits per heavy atom. The van der Waals surface area contributed by atoms with Crippen LogP contribution in [-0.2, 0) is 16.3 Å². The van der Waals surface area contributed by atoms with E-state index in [1.807, 2.05) is 24.3 Å². The fraction of sp³-hybridized carbons (Fsp3) is 0.318. The van der Waals surface area contributed by atoms with Gasteiger partial charge in [-0.15, -0.1) is 0 Å². The molecule has 1 heterocycles. The third-order valence-corrected chi connectivity index (χ3v) is 6.92. The summed E-state index contributed by atoms with van der Waals surface area (Å²) < 4.78 is 36.5. The lowest BCUT2D eigenvalue weighted by molar-refractivity contribution is 0.0924. The highest BCUT2D eigenvalue weighted by atomic mass is 32.2. The van der Waals surface area contributed by atoms with Crippen LogP contribution in [0.25, 0.3) is 11.0 Å². The topological polar surface area (TPSA) is 85.6 Å². The Hall–Kier alpha value is -2.80. The molecule has 152 valence electrons. The molecular formula is C22H23NO5S.